The number of aromatic hydroxyl groups is 1. The van der Waals surface area contributed by atoms with Gasteiger partial charge < -0.3 is 19.8 Å². The van der Waals surface area contributed by atoms with E-state index in [1.54, 1.807) is 6.20 Å². The van der Waals surface area contributed by atoms with Gasteiger partial charge in [0.1, 0.15) is 22.4 Å². The van der Waals surface area contributed by atoms with Gasteiger partial charge in [-0.2, -0.15) is 5.26 Å². The number of benzene rings is 1. The minimum Gasteiger partial charge on any atom is -0.505 e. The summed E-state index contributed by atoms with van der Waals surface area (Å²) in [5, 5.41) is 38.0. The second-order valence-electron chi connectivity index (χ2n) is 8.23. The smallest absolute Gasteiger partial charge is 0.339 e. The number of nitrogens with zero attached hydrogens (tertiary/aromatic N) is 6. The molecule has 0 aliphatic heterocycles. The van der Waals surface area contributed by atoms with Crippen LogP contribution in [0.5, 0.6) is 5.75 Å². The summed E-state index contributed by atoms with van der Waals surface area (Å²) in [5.41, 5.74) is 2.14. The van der Waals surface area contributed by atoms with Gasteiger partial charge in [-0.05, 0) is 49.8 Å². The number of aromatic carboxylic acids is 1. The number of hydrogen-bond donors (Lipinski definition) is 3. The van der Waals surface area contributed by atoms with Gasteiger partial charge in [-0.3, -0.25) is 0 Å². The zero-order valence-corrected chi connectivity index (χ0v) is 17.6. The van der Waals surface area contributed by atoms with Crippen molar-refractivity contribution in [3.63, 3.8) is 0 Å². The first-order valence-corrected chi connectivity index (χ1v) is 10.7. The van der Waals surface area contributed by atoms with Crippen LogP contribution in [0.4, 0.5) is 11.6 Å². The van der Waals surface area contributed by atoms with E-state index >= 15 is 0 Å². The highest BCUT2D eigenvalue weighted by Gasteiger charge is 2.27. The van der Waals surface area contributed by atoms with E-state index in [0.717, 1.165) is 42.2 Å². The summed E-state index contributed by atoms with van der Waals surface area (Å²) in [6.07, 6.45) is 7.73. The summed E-state index contributed by atoms with van der Waals surface area (Å²) >= 11 is 0. The third-order valence-electron chi connectivity index (χ3n) is 6.27. The van der Waals surface area contributed by atoms with E-state index in [1.165, 1.54) is 18.2 Å². The lowest BCUT2D eigenvalue weighted by atomic mass is 9.84. The van der Waals surface area contributed by atoms with Crippen molar-refractivity contribution in [2.75, 3.05) is 0 Å². The molecule has 0 spiro atoms. The molecular weight excluding hydrogens is 422 g/mol. The Morgan fingerprint density at radius 2 is 2.06 bits per heavy atom. The van der Waals surface area contributed by atoms with Crippen LogP contribution in [-0.2, 0) is 0 Å². The molecule has 0 saturated heterocycles. The van der Waals surface area contributed by atoms with Crippen molar-refractivity contribution in [1.29, 1.82) is 5.26 Å². The first-order valence-electron chi connectivity index (χ1n) is 10.7. The number of para-hydroxylation sites is 1. The molecule has 0 bridgehead atoms. The number of aromatic nitrogens is 4. The molecule has 3 N–H and O–H groups in total. The number of carbonyl (C=O) groups is 1. The lowest BCUT2D eigenvalue weighted by Gasteiger charge is -2.29. The molecular formula is C23H21N7O3. The molecule has 1 fully saturated rings. The van der Waals surface area contributed by atoms with Crippen molar-refractivity contribution < 1.29 is 15.0 Å². The van der Waals surface area contributed by atoms with Gasteiger partial charge in [0.15, 0.2) is 5.75 Å². The number of nitrogens with one attached hydrogen (secondary N) is 1. The zero-order valence-electron chi connectivity index (χ0n) is 17.6. The number of fused-ring (bicyclic) bond motifs is 3. The van der Waals surface area contributed by atoms with E-state index in [9.17, 15) is 15.0 Å². The molecule has 1 aliphatic rings. The second kappa shape index (κ2) is 8.35. The highest BCUT2D eigenvalue weighted by Crippen LogP contribution is 2.40. The normalized spacial score (nSPS) is 18.8. The molecule has 10 nitrogen and oxygen atoms in total. The Morgan fingerprint density at radius 3 is 2.82 bits per heavy atom. The Balaban J connectivity index is 1.60. The number of pyridine rings is 1. The van der Waals surface area contributed by atoms with Gasteiger partial charge in [-0.25, -0.2) is 14.8 Å². The van der Waals surface area contributed by atoms with E-state index in [1.807, 2.05) is 12.3 Å². The fourth-order valence-corrected chi connectivity index (χ4v) is 4.62. The molecule has 0 atom stereocenters. The van der Waals surface area contributed by atoms with Crippen LogP contribution in [0.2, 0.25) is 0 Å². The Kier molecular flexibility index (Phi) is 5.22. The maximum atomic E-state index is 11.3. The quantitative estimate of drug-likeness (QED) is 0.352. The number of hydrogen-bond acceptors (Lipinski definition) is 7. The fraction of sp³-hybridized carbons (Fsp3) is 0.304. The molecule has 1 saturated carbocycles. The van der Waals surface area contributed by atoms with Crippen LogP contribution in [0.25, 0.3) is 22.1 Å². The number of carboxylic acids is 1. The summed E-state index contributed by atoms with van der Waals surface area (Å²) in [7, 11) is 0. The number of azo groups is 1. The predicted molar refractivity (Wildman–Crippen MR) is 120 cm³/mol. The summed E-state index contributed by atoms with van der Waals surface area (Å²) in [6, 6.07) is 8.66. The summed E-state index contributed by atoms with van der Waals surface area (Å²) in [5.74, 6) is -0.921. The van der Waals surface area contributed by atoms with Crippen molar-refractivity contribution in [3.8, 4) is 11.8 Å². The number of rotatable bonds is 5. The van der Waals surface area contributed by atoms with Crippen LogP contribution < -0.4 is 0 Å². The van der Waals surface area contributed by atoms with Crippen LogP contribution in [0.1, 0.15) is 48.5 Å². The largest absolute Gasteiger partial charge is 0.505 e. The van der Waals surface area contributed by atoms with Gasteiger partial charge in [-0.1, -0.05) is 6.07 Å². The zero-order chi connectivity index (χ0) is 22.9. The van der Waals surface area contributed by atoms with Gasteiger partial charge in [0.2, 0.25) is 0 Å². The number of carboxylic acid groups (broad SMARTS) is 1. The Morgan fingerprint density at radius 1 is 1.24 bits per heavy atom. The molecule has 1 aromatic carbocycles. The Hall–Kier alpha value is -4.26. The maximum Gasteiger partial charge on any atom is 0.339 e. The van der Waals surface area contributed by atoms with E-state index in [4.69, 9.17) is 5.26 Å². The van der Waals surface area contributed by atoms with E-state index in [0.29, 0.717) is 23.8 Å². The van der Waals surface area contributed by atoms with E-state index < -0.39 is 11.7 Å². The molecule has 3 heterocycles. The van der Waals surface area contributed by atoms with E-state index in [2.05, 4.69) is 35.8 Å². The Labute approximate surface area is 188 Å². The van der Waals surface area contributed by atoms with Gasteiger partial charge in [0.05, 0.1) is 17.8 Å². The van der Waals surface area contributed by atoms with E-state index in [-0.39, 0.29) is 17.3 Å². The maximum absolute atomic E-state index is 11.3. The molecule has 166 valence electrons. The molecule has 0 unspecified atom stereocenters. The average Bonchev–Trinajstić information content (AvgIpc) is 3.43. The average molecular weight is 443 g/mol. The third-order valence-corrected chi connectivity index (χ3v) is 6.27. The molecule has 4 aromatic rings. The van der Waals surface area contributed by atoms with Gasteiger partial charge in [-0.15, -0.1) is 10.2 Å². The predicted octanol–water partition coefficient (Wildman–Crippen LogP) is 5.38. The number of aromatic amines is 1. The molecule has 33 heavy (non-hydrogen) atoms. The second-order valence-corrected chi connectivity index (χ2v) is 8.23. The van der Waals surface area contributed by atoms with Crippen LogP contribution in [0.15, 0.2) is 46.9 Å². The molecule has 5 rings (SSSR count). The molecule has 1 aliphatic carbocycles. The van der Waals surface area contributed by atoms with Crippen molar-refractivity contribution in [2.45, 2.75) is 38.1 Å². The SMILES string of the molecule is N#CCC1CCC(n2c(N=Nc3cccc(C(=O)O)c3O)nc3cnc4[nH]ccc4c32)CC1. The van der Waals surface area contributed by atoms with Crippen LogP contribution in [-0.4, -0.2) is 35.7 Å². The van der Waals surface area contributed by atoms with Crippen LogP contribution in [0, 0.1) is 17.2 Å². The number of phenols is 1. The topological polar surface area (TPSA) is 153 Å². The molecule has 0 radical (unpaired) electrons. The van der Waals surface area contributed by atoms with Crippen LogP contribution >= 0.6 is 0 Å². The highest BCUT2D eigenvalue weighted by molar-refractivity contribution is 6.02. The number of imidazole rings is 1. The first-order chi connectivity index (χ1) is 16.1. The Bertz CT molecular complexity index is 1420. The van der Waals surface area contributed by atoms with Crippen LogP contribution in [0.3, 0.4) is 0 Å². The molecule has 0 amide bonds. The standard InChI is InChI=1S/C23H21N7O3/c24-10-8-13-4-6-14(7-5-13)30-19-15-9-11-25-21(15)26-12-18(19)27-23(30)29-28-17-3-1-2-16(20(17)31)22(32)33/h1-3,9,11-14,31H,4-8H2,(H,25,26)(H,32,33). The number of nitriles is 1. The van der Waals surface area contributed by atoms with Gasteiger partial charge in [0, 0.05) is 24.0 Å². The minimum absolute atomic E-state index is 0.0520. The van der Waals surface area contributed by atoms with Gasteiger partial charge in [0.25, 0.3) is 5.95 Å². The van der Waals surface area contributed by atoms with Crippen molar-refractivity contribution in [3.05, 3.63) is 42.2 Å². The minimum atomic E-state index is -1.24. The monoisotopic (exact) mass is 443 g/mol. The summed E-state index contributed by atoms with van der Waals surface area (Å²) in [4.78, 5) is 23.5. The van der Waals surface area contributed by atoms with Crippen molar-refractivity contribution in [2.24, 2.45) is 16.1 Å². The van der Waals surface area contributed by atoms with Gasteiger partial charge >= 0.3 is 5.97 Å². The third kappa shape index (κ3) is 3.67. The molecule has 10 heteroatoms. The number of H-pyrrole nitrogens is 1. The lowest BCUT2D eigenvalue weighted by Crippen LogP contribution is -2.18. The fourth-order valence-electron chi connectivity index (χ4n) is 4.62. The molecule has 3 aromatic heterocycles. The van der Waals surface area contributed by atoms with Crippen molar-refractivity contribution >= 4 is 39.7 Å². The lowest BCUT2D eigenvalue weighted by molar-refractivity contribution is 0.0694. The highest BCUT2D eigenvalue weighted by atomic mass is 16.4. The summed E-state index contributed by atoms with van der Waals surface area (Å²) < 4.78 is 2.07. The van der Waals surface area contributed by atoms with Crippen molar-refractivity contribution in [1.82, 2.24) is 19.5 Å². The summed E-state index contributed by atoms with van der Waals surface area (Å²) in [6.45, 7) is 0. The first kappa shape index (κ1) is 20.6.